The molecule has 1 aromatic rings. The number of carbonyl (C=O) groups excluding carboxylic acids is 3. The molecule has 0 saturated heterocycles. The van der Waals surface area contributed by atoms with Gasteiger partial charge in [0, 0.05) is 19.3 Å². The van der Waals surface area contributed by atoms with E-state index < -0.39 is 53.3 Å². The van der Waals surface area contributed by atoms with E-state index in [4.69, 9.17) is 31.3 Å². The number of aliphatic hydroxyl groups is 2. The van der Waals surface area contributed by atoms with Crippen LogP contribution in [0, 0.1) is 0 Å². The molecular formula is C21H34N4O13. The smallest absolute Gasteiger partial charge is 0.256 e. The maximum absolute atomic E-state index is 12.2. The first kappa shape index (κ1) is 33.1. The monoisotopic (exact) mass is 550 g/mol. The van der Waals surface area contributed by atoms with Crippen LogP contribution in [0.15, 0.2) is 12.1 Å². The average molecular weight is 551 g/mol. The molecule has 0 saturated carbocycles. The summed E-state index contributed by atoms with van der Waals surface area (Å²) in [5.74, 6) is -2.43. The molecular weight excluding hydrogens is 516 g/mol. The second-order valence-corrected chi connectivity index (χ2v) is 8.12. The van der Waals surface area contributed by atoms with E-state index in [2.05, 4.69) is 15.0 Å². The summed E-state index contributed by atoms with van der Waals surface area (Å²) < 4.78 is 4.95. The lowest BCUT2D eigenvalue weighted by molar-refractivity contribution is -0.527. The van der Waals surface area contributed by atoms with Crippen molar-refractivity contribution in [1.29, 1.82) is 0 Å². The van der Waals surface area contributed by atoms with Crippen molar-refractivity contribution in [2.75, 3.05) is 19.0 Å². The molecule has 1 aromatic carbocycles. The number of anilines is 1. The predicted molar refractivity (Wildman–Crippen MR) is 123 cm³/mol. The molecule has 3 unspecified atom stereocenters. The molecule has 17 nitrogen and oxygen atoms in total. The Hall–Kier alpha value is -2.97. The Kier molecular flexibility index (Phi) is 14.6. The fraction of sp³-hybridized carbons (Fsp3) is 0.571. The molecule has 17 heteroatoms. The van der Waals surface area contributed by atoms with Gasteiger partial charge in [0.15, 0.2) is 5.75 Å². The van der Waals surface area contributed by atoms with Crippen LogP contribution in [0.1, 0.15) is 55.3 Å². The summed E-state index contributed by atoms with van der Waals surface area (Å²) in [6.45, 7) is -0.471. The number of nitrogens with zero attached hydrogens (tertiary/aromatic N) is 2. The second kappa shape index (κ2) is 16.8. The molecule has 0 bridgehead atoms. The summed E-state index contributed by atoms with van der Waals surface area (Å²) in [7, 11) is 1.27. The minimum absolute atomic E-state index is 0.0164. The van der Waals surface area contributed by atoms with Crippen LogP contribution in [-0.4, -0.2) is 96.6 Å². The number of phenols is 1. The first-order valence-corrected chi connectivity index (χ1v) is 11.4. The molecule has 0 aliphatic rings. The van der Waals surface area contributed by atoms with E-state index in [-0.39, 0.29) is 67.7 Å². The fourth-order valence-electron chi connectivity index (χ4n) is 3.37. The quantitative estimate of drug-likeness (QED) is 0.0800. The molecule has 3 atom stereocenters. The van der Waals surface area contributed by atoms with Gasteiger partial charge in [0.2, 0.25) is 5.91 Å². The highest BCUT2D eigenvalue weighted by Crippen LogP contribution is 2.34. The van der Waals surface area contributed by atoms with E-state index in [9.17, 15) is 29.7 Å². The van der Waals surface area contributed by atoms with E-state index in [0.717, 1.165) is 0 Å². The number of primary amides is 1. The van der Waals surface area contributed by atoms with Gasteiger partial charge in [-0.25, -0.2) is 9.68 Å². The highest BCUT2D eigenvalue weighted by atomic mass is 17.1. The molecule has 1 rings (SSSR count). The van der Waals surface area contributed by atoms with Crippen molar-refractivity contribution >= 4 is 23.3 Å². The van der Waals surface area contributed by atoms with Gasteiger partial charge in [0.1, 0.15) is 29.8 Å². The summed E-state index contributed by atoms with van der Waals surface area (Å²) in [5.41, 5.74) is 4.82. The lowest BCUT2D eigenvalue weighted by Crippen LogP contribution is -2.31. The van der Waals surface area contributed by atoms with Crippen molar-refractivity contribution < 1.29 is 64.9 Å². The lowest BCUT2D eigenvalue weighted by atomic mass is 10.00. The molecule has 0 aliphatic carbocycles. The maximum atomic E-state index is 12.2. The van der Waals surface area contributed by atoms with E-state index in [1.807, 2.05) is 0 Å². The molecule has 0 fully saturated rings. The van der Waals surface area contributed by atoms with Gasteiger partial charge in [-0.05, 0) is 37.8 Å². The van der Waals surface area contributed by atoms with Crippen molar-refractivity contribution in [3.05, 3.63) is 17.7 Å². The van der Waals surface area contributed by atoms with E-state index >= 15 is 0 Å². The van der Waals surface area contributed by atoms with Crippen molar-refractivity contribution in [2.24, 2.45) is 5.73 Å². The number of ketones is 1. The van der Waals surface area contributed by atoms with Crippen LogP contribution in [-0.2, 0) is 19.3 Å². The van der Waals surface area contributed by atoms with Crippen LogP contribution in [0.2, 0.25) is 0 Å². The van der Waals surface area contributed by atoms with Gasteiger partial charge >= 0.3 is 0 Å². The molecule has 2 amide bonds. The normalized spacial score (nSPS) is 13.8. The van der Waals surface area contributed by atoms with E-state index in [0.29, 0.717) is 0 Å². The number of aliphatic hydroxyl groups excluding tert-OH is 2. The number of ether oxygens (including phenoxy) is 1. The second-order valence-electron chi connectivity index (χ2n) is 8.12. The highest BCUT2D eigenvalue weighted by Gasteiger charge is 2.22. The van der Waals surface area contributed by atoms with Gasteiger partial charge in [0.05, 0.1) is 35.8 Å². The number of methoxy groups -OCH3 is 1. The molecule has 216 valence electrons. The molecule has 0 radical (unpaired) electrons. The number of amides is 2. The number of benzene rings is 1. The number of hydrogen-bond acceptors (Lipinski definition) is 15. The molecule has 0 aliphatic heterocycles. The number of rotatable bonds is 19. The van der Waals surface area contributed by atoms with Crippen LogP contribution in [0.3, 0.4) is 0 Å². The van der Waals surface area contributed by atoms with Crippen LogP contribution in [0.4, 0.5) is 5.69 Å². The Morgan fingerprint density at radius 1 is 0.974 bits per heavy atom. The third-order valence-corrected chi connectivity index (χ3v) is 5.31. The van der Waals surface area contributed by atoms with Crippen molar-refractivity contribution in [3.8, 4) is 11.5 Å². The maximum Gasteiger partial charge on any atom is 0.256 e. The van der Waals surface area contributed by atoms with Crippen molar-refractivity contribution in [3.63, 3.8) is 0 Å². The zero-order valence-corrected chi connectivity index (χ0v) is 20.6. The summed E-state index contributed by atoms with van der Waals surface area (Å²) in [5, 5.41) is 66.1. The van der Waals surface area contributed by atoms with Crippen molar-refractivity contribution in [1.82, 2.24) is 10.8 Å². The predicted octanol–water partition coefficient (Wildman–Crippen LogP) is -0.148. The van der Waals surface area contributed by atoms with Gasteiger partial charge in [0.25, 0.3) is 5.91 Å². The zero-order chi connectivity index (χ0) is 28.8. The topological polar surface area (TPSA) is 265 Å². The summed E-state index contributed by atoms with van der Waals surface area (Å²) in [6, 6.07) is 2.63. The van der Waals surface area contributed by atoms with Gasteiger partial charge < -0.3 is 31.1 Å². The number of Topliss-reactive ketones (excluding diaryl/α,β-unsaturated/α-hetero) is 1. The number of hydrogen-bond donors (Lipinski definition) is 9. The summed E-state index contributed by atoms with van der Waals surface area (Å²) in [6.07, 6.45) is -3.95. The first-order valence-electron chi connectivity index (χ1n) is 11.4. The third-order valence-electron chi connectivity index (χ3n) is 5.31. The van der Waals surface area contributed by atoms with Crippen molar-refractivity contribution in [2.45, 2.75) is 63.3 Å². The number of carbonyl (C=O) groups is 3. The van der Waals surface area contributed by atoms with E-state index in [1.54, 1.807) is 0 Å². The average Bonchev–Trinajstić information content (AvgIpc) is 2.84. The molecule has 10 N–H and O–H groups in total. The minimum Gasteiger partial charge on any atom is -0.505 e. The number of nitrogens with two attached hydrogens (primary N) is 1. The molecule has 0 aromatic heterocycles. The van der Waals surface area contributed by atoms with Gasteiger partial charge in [-0.15, -0.1) is 0 Å². The molecule has 0 spiro atoms. The first-order chi connectivity index (χ1) is 17.8. The Morgan fingerprint density at radius 3 is 2.16 bits per heavy atom. The van der Waals surface area contributed by atoms with Crippen LogP contribution in [0.5, 0.6) is 11.5 Å². The Labute approximate surface area is 216 Å². The third kappa shape index (κ3) is 12.0. The fourth-order valence-corrected chi connectivity index (χ4v) is 3.37. The van der Waals surface area contributed by atoms with Crippen LogP contribution < -0.4 is 15.8 Å². The largest absolute Gasteiger partial charge is 0.505 e. The van der Waals surface area contributed by atoms with Crippen LogP contribution in [0.25, 0.3) is 0 Å². The summed E-state index contributed by atoms with van der Waals surface area (Å²) in [4.78, 5) is 44.7. The highest BCUT2D eigenvalue weighted by molar-refractivity contribution is 6.02. The minimum atomic E-state index is -1.32. The SMILES string of the molecule is COc1ccc(NC(=O)CCC(O)C(O)CCC(=O)CCCC(CON(O)O)ON(O)O)c(O)c1C(N)=O. The van der Waals surface area contributed by atoms with E-state index in [1.165, 1.54) is 19.2 Å². The Balaban J connectivity index is 2.43. The number of aromatic hydroxyl groups is 1. The van der Waals surface area contributed by atoms with Crippen LogP contribution >= 0.6 is 0 Å². The van der Waals surface area contributed by atoms with Gasteiger partial charge in [-0.2, -0.15) is 0 Å². The zero-order valence-electron chi connectivity index (χ0n) is 20.6. The van der Waals surface area contributed by atoms with Gasteiger partial charge in [-0.1, -0.05) is 0 Å². The molecule has 0 heterocycles. The standard InChI is InChI=1S/C21H34N4O13/c1-36-17-9-6-14(20(30)19(17)21(22)31)23-18(29)10-8-16(28)15(27)7-5-12(26)3-2-4-13(38-25(34)35)11-37-24(32)33/h6,9,13,15-16,27-28,30,32-35H,2-5,7-8,10-11H2,1H3,(H2,22,31)(H,23,29). The Bertz CT molecular complexity index is 915. The Morgan fingerprint density at radius 2 is 1.61 bits per heavy atom. The number of nitrogens with one attached hydrogen (secondary N) is 1. The lowest BCUT2D eigenvalue weighted by Gasteiger charge is -2.19. The summed E-state index contributed by atoms with van der Waals surface area (Å²) >= 11 is 0. The molecule has 38 heavy (non-hydrogen) atoms. The van der Waals surface area contributed by atoms with Gasteiger partial charge in [-0.3, -0.25) is 35.2 Å².